The van der Waals surface area contributed by atoms with Gasteiger partial charge in [0.25, 0.3) is 0 Å². The molecule has 1 aliphatic heterocycles. The van der Waals surface area contributed by atoms with Gasteiger partial charge >= 0.3 is 0 Å². The van der Waals surface area contributed by atoms with Crippen molar-refractivity contribution in [1.82, 2.24) is 4.90 Å². The van der Waals surface area contributed by atoms with E-state index in [9.17, 15) is 0 Å². The minimum absolute atomic E-state index is 0.214. The second kappa shape index (κ2) is 6.91. The molecule has 0 bridgehead atoms. The maximum Gasteiger partial charge on any atom is 0.0308 e. The van der Waals surface area contributed by atoms with Gasteiger partial charge in [0.1, 0.15) is 0 Å². The van der Waals surface area contributed by atoms with Crippen LogP contribution in [0.1, 0.15) is 79.1 Å². The van der Waals surface area contributed by atoms with Crippen molar-refractivity contribution in [2.24, 2.45) is 5.73 Å². The summed E-state index contributed by atoms with van der Waals surface area (Å²) in [6.07, 6.45) is 10.7. The van der Waals surface area contributed by atoms with Crippen molar-refractivity contribution in [3.8, 4) is 0 Å². The molecule has 0 aromatic rings. The molecule has 1 heterocycles. The van der Waals surface area contributed by atoms with E-state index in [1.54, 1.807) is 0 Å². The van der Waals surface area contributed by atoms with Crippen molar-refractivity contribution >= 4 is 0 Å². The van der Waals surface area contributed by atoms with Gasteiger partial charge in [0, 0.05) is 17.6 Å². The minimum atomic E-state index is 0.214. The summed E-state index contributed by atoms with van der Waals surface area (Å²) in [5, 5.41) is 0. The van der Waals surface area contributed by atoms with Crippen molar-refractivity contribution in [3.63, 3.8) is 0 Å². The lowest BCUT2D eigenvalue weighted by molar-refractivity contribution is 0.0395. The van der Waals surface area contributed by atoms with Crippen molar-refractivity contribution in [2.45, 2.75) is 90.1 Å². The molecule has 1 aliphatic rings. The first-order chi connectivity index (χ1) is 8.46. The zero-order chi connectivity index (χ0) is 13.6. The molecule has 18 heavy (non-hydrogen) atoms. The normalized spacial score (nSPS) is 23.2. The fourth-order valence-electron chi connectivity index (χ4n) is 3.56. The molecule has 1 fully saturated rings. The maximum atomic E-state index is 6.11. The lowest BCUT2D eigenvalue weighted by Gasteiger charge is -2.46. The third-order valence-corrected chi connectivity index (χ3v) is 4.81. The summed E-state index contributed by atoms with van der Waals surface area (Å²) in [7, 11) is 0. The fourth-order valence-corrected chi connectivity index (χ4v) is 3.56. The first-order valence-corrected chi connectivity index (χ1v) is 7.94. The Bertz CT molecular complexity index is 237. The van der Waals surface area contributed by atoms with Crippen LogP contribution < -0.4 is 5.73 Å². The van der Waals surface area contributed by atoms with Crippen LogP contribution in [0.2, 0.25) is 0 Å². The second-order valence-corrected chi connectivity index (χ2v) is 6.93. The Morgan fingerprint density at radius 2 is 1.83 bits per heavy atom. The van der Waals surface area contributed by atoms with E-state index in [0.717, 1.165) is 6.54 Å². The maximum absolute atomic E-state index is 6.11. The number of hydrogen-bond donors (Lipinski definition) is 1. The summed E-state index contributed by atoms with van der Waals surface area (Å²) >= 11 is 0. The first kappa shape index (κ1) is 16.0. The molecule has 108 valence electrons. The van der Waals surface area contributed by atoms with Crippen molar-refractivity contribution in [3.05, 3.63) is 0 Å². The zero-order valence-electron chi connectivity index (χ0n) is 13.1. The Hall–Kier alpha value is -0.0800. The van der Waals surface area contributed by atoms with E-state index in [4.69, 9.17) is 5.73 Å². The summed E-state index contributed by atoms with van der Waals surface area (Å²) in [6.45, 7) is 11.4. The van der Waals surface area contributed by atoms with Gasteiger partial charge in [-0.05, 0) is 46.6 Å². The molecule has 2 nitrogen and oxygen atoms in total. The molecule has 1 rings (SSSR count). The van der Waals surface area contributed by atoms with E-state index in [0.29, 0.717) is 5.54 Å². The first-order valence-electron chi connectivity index (χ1n) is 7.94. The quantitative estimate of drug-likeness (QED) is 0.665. The van der Waals surface area contributed by atoms with E-state index >= 15 is 0 Å². The number of hydrogen-bond acceptors (Lipinski definition) is 2. The molecule has 0 radical (unpaired) electrons. The van der Waals surface area contributed by atoms with Crippen LogP contribution in [0.25, 0.3) is 0 Å². The van der Waals surface area contributed by atoms with Crippen LogP contribution in [0.3, 0.4) is 0 Å². The van der Waals surface area contributed by atoms with E-state index < -0.39 is 0 Å². The van der Waals surface area contributed by atoms with Crippen molar-refractivity contribution < 1.29 is 0 Å². The lowest BCUT2D eigenvalue weighted by Crippen LogP contribution is -2.57. The van der Waals surface area contributed by atoms with Gasteiger partial charge in [0.15, 0.2) is 0 Å². The monoisotopic (exact) mass is 254 g/mol. The van der Waals surface area contributed by atoms with Crippen molar-refractivity contribution in [2.75, 3.05) is 13.1 Å². The van der Waals surface area contributed by atoms with Crippen LogP contribution in [0.15, 0.2) is 0 Å². The third kappa shape index (κ3) is 3.96. The predicted molar refractivity (Wildman–Crippen MR) is 80.9 cm³/mol. The average molecular weight is 254 g/mol. The third-order valence-electron chi connectivity index (χ3n) is 4.81. The molecule has 2 heteroatoms. The number of likely N-dealkylation sites (tertiary alicyclic amines) is 1. The highest BCUT2D eigenvalue weighted by Gasteiger charge is 2.42. The standard InChI is InChI=1S/C16H34N2/c1-5-6-7-8-9-12-16(4,14-17)18-13-10-11-15(18,2)3/h5-14,17H2,1-4H3. The molecular weight excluding hydrogens is 220 g/mol. The second-order valence-electron chi connectivity index (χ2n) is 6.93. The molecule has 0 amide bonds. The highest BCUT2D eigenvalue weighted by atomic mass is 15.3. The van der Waals surface area contributed by atoms with Crippen LogP contribution in [-0.4, -0.2) is 29.1 Å². The van der Waals surface area contributed by atoms with E-state index in [-0.39, 0.29) is 5.54 Å². The van der Waals surface area contributed by atoms with Gasteiger partial charge in [-0.25, -0.2) is 0 Å². The van der Waals surface area contributed by atoms with Gasteiger partial charge in [-0.3, -0.25) is 4.90 Å². The highest BCUT2D eigenvalue weighted by Crippen LogP contribution is 2.37. The number of rotatable bonds is 8. The molecule has 2 N–H and O–H groups in total. The molecule has 1 atom stereocenters. The van der Waals surface area contributed by atoms with Gasteiger partial charge in [-0.15, -0.1) is 0 Å². The Labute approximate surface area is 114 Å². The summed E-state index contributed by atoms with van der Waals surface area (Å²) in [5.74, 6) is 0. The molecule has 1 unspecified atom stereocenters. The molecule has 0 aromatic carbocycles. The predicted octanol–water partition coefficient (Wildman–Crippen LogP) is 3.94. The smallest absolute Gasteiger partial charge is 0.0308 e. The summed E-state index contributed by atoms with van der Waals surface area (Å²) in [5.41, 5.74) is 6.67. The van der Waals surface area contributed by atoms with Crippen LogP contribution in [0.4, 0.5) is 0 Å². The number of nitrogens with zero attached hydrogens (tertiary/aromatic N) is 1. The van der Waals surface area contributed by atoms with Gasteiger partial charge in [0.2, 0.25) is 0 Å². The fraction of sp³-hybridized carbons (Fsp3) is 1.00. The van der Waals surface area contributed by atoms with E-state index in [1.165, 1.54) is 57.9 Å². The number of nitrogens with two attached hydrogens (primary N) is 1. The van der Waals surface area contributed by atoms with E-state index in [1.807, 2.05) is 0 Å². The Morgan fingerprint density at radius 1 is 1.17 bits per heavy atom. The molecule has 1 saturated heterocycles. The van der Waals surface area contributed by atoms with Gasteiger partial charge in [-0.1, -0.05) is 39.0 Å². The summed E-state index contributed by atoms with van der Waals surface area (Å²) < 4.78 is 0. The van der Waals surface area contributed by atoms with Crippen LogP contribution in [0.5, 0.6) is 0 Å². The van der Waals surface area contributed by atoms with Gasteiger partial charge < -0.3 is 5.73 Å². The topological polar surface area (TPSA) is 29.3 Å². The Kier molecular flexibility index (Phi) is 6.13. The molecule has 0 spiro atoms. The van der Waals surface area contributed by atoms with Crippen molar-refractivity contribution in [1.29, 1.82) is 0 Å². The molecule has 0 saturated carbocycles. The molecular formula is C16H34N2. The Balaban J connectivity index is 2.46. The largest absolute Gasteiger partial charge is 0.329 e. The van der Waals surface area contributed by atoms with Crippen LogP contribution in [-0.2, 0) is 0 Å². The molecule has 0 aromatic heterocycles. The summed E-state index contributed by atoms with van der Waals surface area (Å²) in [4.78, 5) is 2.68. The zero-order valence-corrected chi connectivity index (χ0v) is 13.1. The van der Waals surface area contributed by atoms with E-state index in [2.05, 4.69) is 32.6 Å². The SMILES string of the molecule is CCCCCCCC(C)(CN)N1CCCC1(C)C. The minimum Gasteiger partial charge on any atom is -0.329 e. The van der Waals surface area contributed by atoms with Gasteiger partial charge in [0.05, 0.1) is 0 Å². The Morgan fingerprint density at radius 3 is 2.33 bits per heavy atom. The average Bonchev–Trinajstić information content (AvgIpc) is 2.69. The van der Waals surface area contributed by atoms with Gasteiger partial charge in [-0.2, -0.15) is 0 Å². The van der Waals surface area contributed by atoms with Crippen LogP contribution >= 0.6 is 0 Å². The highest BCUT2D eigenvalue weighted by molar-refractivity contribution is 4.99. The lowest BCUT2D eigenvalue weighted by atomic mass is 9.88. The number of unbranched alkanes of at least 4 members (excludes halogenated alkanes) is 4. The molecule has 0 aliphatic carbocycles. The van der Waals surface area contributed by atoms with Crippen LogP contribution in [0, 0.1) is 0 Å². The summed E-state index contributed by atoms with van der Waals surface area (Å²) in [6, 6.07) is 0.